The molecule has 3 atom stereocenters. The largest absolute Gasteiger partial charge is 0.508 e. The Hall–Kier alpha value is -4.07. The van der Waals surface area contributed by atoms with E-state index in [0.717, 1.165) is 27.8 Å². The molecule has 2 aliphatic rings. The first-order valence-corrected chi connectivity index (χ1v) is 13.6. The van der Waals surface area contributed by atoms with Crippen LogP contribution in [0.4, 0.5) is 4.79 Å². The van der Waals surface area contributed by atoms with Gasteiger partial charge in [0.15, 0.2) is 23.0 Å². The molecule has 0 N–H and O–H groups in total. The number of benzene rings is 3. The summed E-state index contributed by atoms with van der Waals surface area (Å²) in [6.45, 7) is 2.43. The maximum absolute atomic E-state index is 12.5. The standard InChI is InChI=1S/C32H36O8/c1-6-38-32(33)40-26-14-24-23-17-29(35-3)31(37-5)30(36-4)21(23)13-12-20(26)22-16-28(27(34-2)15-25(22)24)39-18-19-10-8-7-9-11-19/h7-11,15-17,20,24,26H,6,12-14,18H2,1-5H3/t20-,24+,26+/m0/s1. The van der Waals surface area contributed by atoms with Crippen molar-refractivity contribution < 1.29 is 38.0 Å². The van der Waals surface area contributed by atoms with Gasteiger partial charge in [0, 0.05) is 17.4 Å². The third-order valence-electron chi connectivity index (χ3n) is 7.86. The summed E-state index contributed by atoms with van der Waals surface area (Å²) in [6, 6.07) is 16.1. The van der Waals surface area contributed by atoms with Gasteiger partial charge in [0.2, 0.25) is 5.75 Å². The van der Waals surface area contributed by atoms with Crippen molar-refractivity contribution in [2.75, 3.05) is 35.0 Å². The first-order valence-electron chi connectivity index (χ1n) is 13.6. The zero-order valence-electron chi connectivity index (χ0n) is 23.7. The first-order chi connectivity index (χ1) is 19.5. The molecule has 8 heteroatoms. The van der Waals surface area contributed by atoms with Gasteiger partial charge in [-0.2, -0.15) is 0 Å². The predicted molar refractivity (Wildman–Crippen MR) is 149 cm³/mol. The lowest BCUT2D eigenvalue weighted by Crippen LogP contribution is -2.35. The Morgan fingerprint density at radius 3 is 2.20 bits per heavy atom. The van der Waals surface area contributed by atoms with Gasteiger partial charge in [-0.25, -0.2) is 4.79 Å². The van der Waals surface area contributed by atoms with E-state index in [2.05, 4.69) is 12.1 Å². The summed E-state index contributed by atoms with van der Waals surface area (Å²) in [4.78, 5) is 12.5. The molecular formula is C32H36O8. The van der Waals surface area contributed by atoms with Crippen molar-refractivity contribution in [2.45, 2.75) is 50.7 Å². The van der Waals surface area contributed by atoms with E-state index in [1.807, 2.05) is 36.4 Å². The summed E-state index contributed by atoms with van der Waals surface area (Å²) in [5.41, 5.74) is 5.36. The monoisotopic (exact) mass is 548 g/mol. The van der Waals surface area contributed by atoms with Crippen LogP contribution in [0.3, 0.4) is 0 Å². The van der Waals surface area contributed by atoms with Crippen LogP contribution in [0.2, 0.25) is 0 Å². The quantitative estimate of drug-likeness (QED) is 0.284. The number of fused-ring (bicyclic) bond motifs is 2. The summed E-state index contributed by atoms with van der Waals surface area (Å²) in [6.07, 6.45) is 0.968. The summed E-state index contributed by atoms with van der Waals surface area (Å²) in [7, 11) is 6.52. The van der Waals surface area contributed by atoms with Gasteiger partial charge >= 0.3 is 6.16 Å². The van der Waals surface area contributed by atoms with Gasteiger partial charge < -0.3 is 33.2 Å². The van der Waals surface area contributed by atoms with Gasteiger partial charge in [-0.05, 0) is 66.6 Å². The average Bonchev–Trinajstić information content (AvgIpc) is 2.97. The summed E-state index contributed by atoms with van der Waals surface area (Å²) >= 11 is 0. The minimum absolute atomic E-state index is 0.0772. The van der Waals surface area contributed by atoms with Crippen molar-refractivity contribution in [2.24, 2.45) is 0 Å². The van der Waals surface area contributed by atoms with E-state index in [9.17, 15) is 4.79 Å². The summed E-state index contributed by atoms with van der Waals surface area (Å²) in [5.74, 6) is 2.93. The van der Waals surface area contributed by atoms with Crippen LogP contribution in [0, 0.1) is 0 Å². The van der Waals surface area contributed by atoms with Crippen LogP contribution in [0.15, 0.2) is 48.5 Å². The molecule has 2 aliphatic carbocycles. The normalized spacial score (nSPS) is 18.9. The molecule has 0 fully saturated rings. The number of methoxy groups -OCH3 is 4. The molecule has 0 amide bonds. The lowest BCUT2D eigenvalue weighted by Gasteiger charge is -2.41. The topological polar surface area (TPSA) is 81.7 Å². The molecule has 2 bridgehead atoms. The zero-order valence-corrected chi connectivity index (χ0v) is 23.7. The molecule has 212 valence electrons. The fraction of sp³-hybridized carbons (Fsp3) is 0.406. The lowest BCUT2D eigenvalue weighted by atomic mass is 9.67. The Labute approximate surface area is 235 Å². The third kappa shape index (κ3) is 5.10. The van der Waals surface area contributed by atoms with E-state index in [1.54, 1.807) is 35.4 Å². The Morgan fingerprint density at radius 1 is 0.825 bits per heavy atom. The van der Waals surface area contributed by atoms with Gasteiger partial charge in [-0.1, -0.05) is 30.3 Å². The van der Waals surface area contributed by atoms with Crippen molar-refractivity contribution >= 4 is 6.16 Å². The Morgan fingerprint density at radius 2 is 1.52 bits per heavy atom. The van der Waals surface area contributed by atoms with Gasteiger partial charge in [-0.3, -0.25) is 0 Å². The highest BCUT2D eigenvalue weighted by atomic mass is 16.7. The molecule has 3 aromatic carbocycles. The van der Waals surface area contributed by atoms with Crippen molar-refractivity contribution in [3.05, 3.63) is 76.3 Å². The molecule has 0 aliphatic heterocycles. The van der Waals surface area contributed by atoms with Crippen LogP contribution in [-0.2, 0) is 22.5 Å². The maximum Gasteiger partial charge on any atom is 0.508 e. The second-order valence-corrected chi connectivity index (χ2v) is 9.89. The highest BCUT2D eigenvalue weighted by molar-refractivity contribution is 5.65. The number of hydrogen-bond acceptors (Lipinski definition) is 8. The highest BCUT2D eigenvalue weighted by Gasteiger charge is 2.43. The molecule has 0 radical (unpaired) electrons. The average molecular weight is 549 g/mol. The van der Waals surface area contributed by atoms with Crippen LogP contribution in [0.25, 0.3) is 0 Å². The van der Waals surface area contributed by atoms with Gasteiger partial charge in [0.25, 0.3) is 0 Å². The molecule has 0 aromatic heterocycles. The Balaban J connectivity index is 1.64. The maximum atomic E-state index is 12.5. The molecule has 0 spiro atoms. The molecule has 40 heavy (non-hydrogen) atoms. The highest BCUT2D eigenvalue weighted by Crippen LogP contribution is 2.55. The van der Waals surface area contributed by atoms with Crippen molar-refractivity contribution in [1.29, 1.82) is 0 Å². The molecule has 0 saturated heterocycles. The second kappa shape index (κ2) is 12.0. The zero-order chi connectivity index (χ0) is 28.2. The van der Waals surface area contributed by atoms with Gasteiger partial charge in [0.1, 0.15) is 12.7 Å². The van der Waals surface area contributed by atoms with Crippen LogP contribution in [0.5, 0.6) is 28.7 Å². The molecule has 5 rings (SSSR count). The smallest absolute Gasteiger partial charge is 0.493 e. The van der Waals surface area contributed by atoms with Crippen molar-refractivity contribution in [1.82, 2.24) is 0 Å². The Kier molecular flexibility index (Phi) is 8.24. The van der Waals surface area contributed by atoms with Crippen LogP contribution < -0.4 is 23.7 Å². The lowest BCUT2D eigenvalue weighted by molar-refractivity contribution is 0.00713. The van der Waals surface area contributed by atoms with Crippen molar-refractivity contribution in [3.63, 3.8) is 0 Å². The van der Waals surface area contributed by atoms with E-state index in [1.165, 1.54) is 0 Å². The SMILES string of the molecule is CCOC(=O)O[C@@H]1C[C@H]2c3cc(OC)c(OCc4ccccc4)cc3[C@@H]1CCc1c2cc(OC)c(OC)c1OC. The fourth-order valence-electron chi connectivity index (χ4n) is 6.09. The molecular weight excluding hydrogens is 512 g/mol. The first kappa shape index (κ1) is 27.5. The van der Waals surface area contributed by atoms with E-state index >= 15 is 0 Å². The number of rotatable bonds is 9. The number of hydrogen-bond donors (Lipinski definition) is 0. The van der Waals surface area contributed by atoms with Gasteiger partial charge in [-0.15, -0.1) is 0 Å². The Bertz CT molecular complexity index is 1350. The van der Waals surface area contributed by atoms with E-state index < -0.39 is 6.16 Å². The van der Waals surface area contributed by atoms with Crippen molar-refractivity contribution in [3.8, 4) is 28.7 Å². The van der Waals surface area contributed by atoms with Crippen LogP contribution >= 0.6 is 0 Å². The minimum atomic E-state index is -0.653. The molecule has 3 aromatic rings. The second-order valence-electron chi connectivity index (χ2n) is 9.89. The summed E-state index contributed by atoms with van der Waals surface area (Å²) in [5, 5.41) is 0. The van der Waals surface area contributed by atoms with E-state index in [-0.39, 0.29) is 24.5 Å². The van der Waals surface area contributed by atoms with Crippen LogP contribution in [-0.4, -0.2) is 47.3 Å². The minimum Gasteiger partial charge on any atom is -0.493 e. The van der Waals surface area contributed by atoms with Crippen LogP contribution in [0.1, 0.15) is 59.4 Å². The number of ether oxygens (including phenoxy) is 7. The molecule has 0 unspecified atom stereocenters. The number of carbonyl (C=O) groups excluding carboxylic acids is 1. The molecule has 0 heterocycles. The van der Waals surface area contributed by atoms with E-state index in [0.29, 0.717) is 54.6 Å². The fourth-order valence-corrected chi connectivity index (χ4v) is 6.09. The number of carbonyl (C=O) groups is 1. The molecule has 0 saturated carbocycles. The van der Waals surface area contributed by atoms with Gasteiger partial charge in [0.05, 0.1) is 35.0 Å². The predicted octanol–water partition coefficient (Wildman–Crippen LogP) is 6.41. The summed E-state index contributed by atoms with van der Waals surface area (Å²) < 4.78 is 40.5. The molecule has 8 nitrogen and oxygen atoms in total. The van der Waals surface area contributed by atoms with E-state index in [4.69, 9.17) is 33.2 Å². The third-order valence-corrected chi connectivity index (χ3v) is 7.86.